The van der Waals surface area contributed by atoms with Gasteiger partial charge in [-0.3, -0.25) is 9.59 Å². The molecule has 2 amide bonds. The monoisotopic (exact) mass is 496 g/mol. The highest BCUT2D eigenvalue weighted by Crippen LogP contribution is 2.21. The lowest BCUT2D eigenvalue weighted by atomic mass is 10.1. The molecule has 0 spiro atoms. The SMILES string of the molecule is CC(C)NC(=O)[C@H](C)N(Cc1ccc(F)cc1)C(=O)CN(c1ccc(F)cc1)S(=O)(=O)N(C)C. The minimum Gasteiger partial charge on any atom is -0.352 e. The highest BCUT2D eigenvalue weighted by Gasteiger charge is 2.32. The molecule has 0 saturated heterocycles. The lowest BCUT2D eigenvalue weighted by molar-refractivity contribution is -0.139. The Labute approximate surface area is 199 Å². The van der Waals surface area contributed by atoms with Crippen molar-refractivity contribution in [2.75, 3.05) is 24.9 Å². The molecule has 1 N–H and O–H groups in total. The van der Waals surface area contributed by atoms with Crippen molar-refractivity contribution in [3.8, 4) is 0 Å². The second-order valence-corrected chi connectivity index (χ2v) is 10.3. The molecule has 34 heavy (non-hydrogen) atoms. The van der Waals surface area contributed by atoms with Crippen LogP contribution in [0.1, 0.15) is 26.3 Å². The largest absolute Gasteiger partial charge is 0.352 e. The molecule has 0 aromatic heterocycles. The Morgan fingerprint density at radius 2 is 1.41 bits per heavy atom. The van der Waals surface area contributed by atoms with Crippen LogP contribution in [0.4, 0.5) is 14.5 Å². The van der Waals surface area contributed by atoms with E-state index in [-0.39, 0.29) is 18.3 Å². The van der Waals surface area contributed by atoms with Crippen LogP contribution < -0.4 is 9.62 Å². The fraction of sp³-hybridized carbons (Fsp3) is 0.391. The fourth-order valence-electron chi connectivity index (χ4n) is 3.10. The van der Waals surface area contributed by atoms with Gasteiger partial charge >= 0.3 is 10.2 Å². The summed E-state index contributed by atoms with van der Waals surface area (Å²) in [6.45, 7) is 4.40. The van der Waals surface area contributed by atoms with Crippen LogP contribution in [0.2, 0.25) is 0 Å². The zero-order valence-electron chi connectivity index (χ0n) is 19.8. The molecule has 2 rings (SSSR count). The van der Waals surface area contributed by atoms with E-state index >= 15 is 0 Å². The van der Waals surface area contributed by atoms with Crippen molar-refractivity contribution in [3.05, 3.63) is 65.7 Å². The summed E-state index contributed by atoms with van der Waals surface area (Å²) in [7, 11) is -1.51. The van der Waals surface area contributed by atoms with E-state index in [1.54, 1.807) is 13.8 Å². The zero-order chi connectivity index (χ0) is 25.6. The molecular formula is C23H30F2N4O4S. The Morgan fingerprint density at radius 3 is 1.88 bits per heavy atom. The van der Waals surface area contributed by atoms with E-state index in [1.165, 1.54) is 62.3 Å². The van der Waals surface area contributed by atoms with Gasteiger partial charge in [0.25, 0.3) is 0 Å². The number of carbonyl (C=O) groups excluding carboxylic acids is 2. The topological polar surface area (TPSA) is 90.0 Å². The average Bonchev–Trinajstić information content (AvgIpc) is 2.76. The second kappa shape index (κ2) is 11.4. The first-order chi connectivity index (χ1) is 15.8. The molecule has 1 atom stereocenters. The van der Waals surface area contributed by atoms with Crippen molar-refractivity contribution in [1.82, 2.24) is 14.5 Å². The summed E-state index contributed by atoms with van der Waals surface area (Å²) in [5.41, 5.74) is 0.646. The first-order valence-corrected chi connectivity index (χ1v) is 12.0. The van der Waals surface area contributed by atoms with E-state index < -0.39 is 46.2 Å². The molecule has 0 fully saturated rings. The van der Waals surface area contributed by atoms with Crippen LogP contribution in [-0.4, -0.2) is 62.2 Å². The number of amides is 2. The Hall–Kier alpha value is -3.05. The smallest absolute Gasteiger partial charge is 0.304 e. The van der Waals surface area contributed by atoms with Crippen molar-refractivity contribution in [3.63, 3.8) is 0 Å². The van der Waals surface area contributed by atoms with Gasteiger partial charge < -0.3 is 10.2 Å². The molecule has 0 unspecified atom stereocenters. The normalized spacial score (nSPS) is 12.5. The van der Waals surface area contributed by atoms with E-state index in [4.69, 9.17) is 0 Å². The predicted octanol–water partition coefficient (Wildman–Crippen LogP) is 2.52. The molecule has 186 valence electrons. The van der Waals surface area contributed by atoms with Gasteiger partial charge in [-0.1, -0.05) is 12.1 Å². The molecule has 0 bridgehead atoms. The Balaban J connectivity index is 2.43. The molecule has 0 aliphatic rings. The third kappa shape index (κ3) is 6.97. The first-order valence-electron chi connectivity index (χ1n) is 10.6. The molecule has 11 heteroatoms. The third-order valence-corrected chi connectivity index (χ3v) is 6.82. The number of hydrogen-bond acceptors (Lipinski definition) is 4. The summed E-state index contributed by atoms with van der Waals surface area (Å²) in [4.78, 5) is 27.4. The summed E-state index contributed by atoms with van der Waals surface area (Å²) >= 11 is 0. The van der Waals surface area contributed by atoms with Crippen LogP contribution in [-0.2, 0) is 26.3 Å². The maximum atomic E-state index is 13.4. The average molecular weight is 497 g/mol. The standard InChI is InChI=1S/C23H30F2N4O4S/c1-16(2)26-23(31)17(3)28(14-18-6-8-19(24)9-7-18)22(30)15-29(34(32,33)27(4)5)21-12-10-20(25)11-13-21/h6-13,16-17H,14-15H2,1-5H3,(H,26,31)/t17-/m0/s1. The predicted molar refractivity (Wildman–Crippen MR) is 126 cm³/mol. The van der Waals surface area contributed by atoms with Crippen LogP contribution in [0.3, 0.4) is 0 Å². The Bertz CT molecular complexity index is 1090. The summed E-state index contributed by atoms with van der Waals surface area (Å²) < 4.78 is 54.6. The van der Waals surface area contributed by atoms with Crippen LogP contribution in [0.5, 0.6) is 0 Å². The molecular weight excluding hydrogens is 466 g/mol. The van der Waals surface area contributed by atoms with Gasteiger partial charge in [0.15, 0.2) is 0 Å². The summed E-state index contributed by atoms with van der Waals surface area (Å²) in [5.74, 6) is -2.10. The van der Waals surface area contributed by atoms with E-state index in [2.05, 4.69) is 5.32 Å². The number of anilines is 1. The highest BCUT2D eigenvalue weighted by atomic mass is 32.2. The van der Waals surface area contributed by atoms with E-state index in [9.17, 15) is 26.8 Å². The van der Waals surface area contributed by atoms with Crippen molar-refractivity contribution < 1.29 is 26.8 Å². The van der Waals surface area contributed by atoms with Crippen molar-refractivity contribution in [2.45, 2.75) is 39.4 Å². The number of hydrogen-bond donors (Lipinski definition) is 1. The number of benzene rings is 2. The van der Waals surface area contributed by atoms with Gasteiger partial charge in [-0.15, -0.1) is 0 Å². The Kier molecular flexibility index (Phi) is 9.11. The highest BCUT2D eigenvalue weighted by molar-refractivity contribution is 7.90. The zero-order valence-corrected chi connectivity index (χ0v) is 20.6. The summed E-state index contributed by atoms with van der Waals surface area (Å²) in [5, 5.41) is 2.74. The lowest BCUT2D eigenvalue weighted by Crippen LogP contribution is -2.53. The molecule has 8 nitrogen and oxygen atoms in total. The maximum absolute atomic E-state index is 13.4. The Morgan fingerprint density at radius 1 is 0.912 bits per heavy atom. The third-order valence-electron chi connectivity index (χ3n) is 5.00. The molecule has 0 aliphatic carbocycles. The van der Waals surface area contributed by atoms with Crippen LogP contribution in [0.25, 0.3) is 0 Å². The molecule has 0 heterocycles. The number of nitrogens with zero attached hydrogens (tertiary/aromatic N) is 3. The van der Waals surface area contributed by atoms with Crippen LogP contribution in [0.15, 0.2) is 48.5 Å². The van der Waals surface area contributed by atoms with E-state index in [0.717, 1.165) is 20.7 Å². The molecule has 0 aliphatic heterocycles. The molecule has 2 aromatic rings. The lowest BCUT2D eigenvalue weighted by Gasteiger charge is -2.33. The van der Waals surface area contributed by atoms with Crippen molar-refractivity contribution in [2.24, 2.45) is 0 Å². The number of carbonyl (C=O) groups is 2. The van der Waals surface area contributed by atoms with Gasteiger partial charge in [-0.05, 0) is 62.7 Å². The summed E-state index contributed by atoms with van der Waals surface area (Å²) in [6, 6.07) is 9.00. The summed E-state index contributed by atoms with van der Waals surface area (Å²) in [6.07, 6.45) is 0. The van der Waals surface area contributed by atoms with Crippen molar-refractivity contribution in [1.29, 1.82) is 0 Å². The van der Waals surface area contributed by atoms with E-state index in [0.29, 0.717) is 5.56 Å². The van der Waals surface area contributed by atoms with Gasteiger partial charge in [0.05, 0.1) is 5.69 Å². The quantitative estimate of drug-likeness (QED) is 0.547. The van der Waals surface area contributed by atoms with Gasteiger partial charge in [-0.2, -0.15) is 12.7 Å². The molecule has 2 aromatic carbocycles. The number of rotatable bonds is 10. The minimum absolute atomic E-state index is 0.0505. The van der Waals surface area contributed by atoms with Gasteiger partial charge in [-0.25, -0.2) is 13.1 Å². The van der Waals surface area contributed by atoms with Gasteiger partial charge in [0.2, 0.25) is 11.8 Å². The maximum Gasteiger partial charge on any atom is 0.304 e. The minimum atomic E-state index is -4.13. The fourth-order valence-corrected chi connectivity index (χ4v) is 4.15. The van der Waals surface area contributed by atoms with Gasteiger partial charge in [0.1, 0.15) is 24.2 Å². The van der Waals surface area contributed by atoms with Crippen molar-refractivity contribution >= 4 is 27.7 Å². The van der Waals surface area contributed by atoms with Crippen LogP contribution >= 0.6 is 0 Å². The van der Waals surface area contributed by atoms with E-state index in [1.807, 2.05) is 0 Å². The van der Waals surface area contributed by atoms with Crippen LogP contribution in [0, 0.1) is 11.6 Å². The number of nitrogens with one attached hydrogen (secondary N) is 1. The second-order valence-electron chi connectivity index (χ2n) is 8.26. The first kappa shape index (κ1) is 27.2. The molecule has 0 saturated carbocycles. The van der Waals surface area contributed by atoms with Gasteiger partial charge in [0, 0.05) is 26.7 Å². The molecule has 0 radical (unpaired) electrons. The number of halogens is 2.